The fraction of sp³-hybridized carbons (Fsp3) is 0.710. The molecule has 209 valence electrons. The van der Waals surface area contributed by atoms with E-state index in [1.807, 2.05) is 18.2 Å². The summed E-state index contributed by atoms with van der Waals surface area (Å²) in [6.45, 7) is 0. The summed E-state index contributed by atoms with van der Waals surface area (Å²) in [6.07, 6.45) is 39.4. The number of hydrogen-bond donors (Lipinski definition) is 0. The summed E-state index contributed by atoms with van der Waals surface area (Å²) >= 11 is 0. The molecule has 36 heavy (non-hydrogen) atoms. The molecule has 0 aliphatic heterocycles. The Morgan fingerprint density at radius 2 is 0.694 bits per heavy atom. The van der Waals surface area contributed by atoms with Gasteiger partial charge in [0.1, 0.15) is 0 Å². The van der Waals surface area contributed by atoms with Crippen molar-refractivity contribution in [3.63, 3.8) is 0 Å². The van der Waals surface area contributed by atoms with Gasteiger partial charge in [-0.1, -0.05) is 88.2 Å². The Labute approximate surface area is 245 Å². The van der Waals surface area contributed by atoms with Gasteiger partial charge < -0.3 is 0 Å². The van der Waals surface area contributed by atoms with Crippen LogP contribution in [0.15, 0.2) is 54.9 Å². The zero-order valence-corrected chi connectivity index (χ0v) is 28.7. The molecular formula is C31H56IrNP3. The van der Waals surface area contributed by atoms with Gasteiger partial charge >= 0.3 is 0 Å². The van der Waals surface area contributed by atoms with E-state index in [2.05, 4.69) is 57.0 Å². The number of hydrogen-bond acceptors (Lipinski definition) is 1. The van der Waals surface area contributed by atoms with E-state index in [0.29, 0.717) is 0 Å². The largest absolute Gasteiger partial charge is 0.265 e. The third-order valence-corrected chi connectivity index (χ3v) is 8.85. The summed E-state index contributed by atoms with van der Waals surface area (Å²) in [5.74, 6) is 0. The van der Waals surface area contributed by atoms with Crippen LogP contribution in [0.1, 0.15) is 122 Å². The van der Waals surface area contributed by atoms with Gasteiger partial charge in [0.2, 0.25) is 0 Å². The van der Waals surface area contributed by atoms with Crippen molar-refractivity contribution in [2.45, 2.75) is 139 Å². The molecule has 1 aromatic rings. The molecule has 0 N–H and O–H groups in total. The molecule has 0 amide bonds. The first-order chi connectivity index (χ1) is 17.2. The van der Waals surface area contributed by atoms with E-state index in [0.717, 1.165) is 17.0 Å². The van der Waals surface area contributed by atoms with Gasteiger partial charge in [0.25, 0.3) is 0 Å². The van der Waals surface area contributed by atoms with Gasteiger partial charge in [0.15, 0.2) is 0 Å². The molecular weight excluding hydrogens is 671 g/mol. The molecule has 0 saturated heterocycles. The van der Waals surface area contributed by atoms with E-state index in [9.17, 15) is 0 Å². The van der Waals surface area contributed by atoms with Gasteiger partial charge in [-0.3, -0.25) is 4.98 Å². The molecule has 4 aliphatic carbocycles. The van der Waals surface area contributed by atoms with E-state index in [1.165, 1.54) is 122 Å². The minimum atomic E-state index is 0. The standard InChI is InChI=1S/C8H12.3C6H13P.C5H5N.Ir/c1-2-4-6-8-7-5-3-1;3*7-6-4-2-1-3-5-6;1-2-4-6-5-3-1;/h1-2,7-8H,3-6H2;3*6H,1-5,7H2;1-5H;/b2-1-,8-7?;;;;;. The van der Waals surface area contributed by atoms with Gasteiger partial charge in [-0.15, -0.1) is 27.7 Å². The maximum absolute atomic E-state index is 3.78. The predicted molar refractivity (Wildman–Crippen MR) is 171 cm³/mol. The van der Waals surface area contributed by atoms with Crippen molar-refractivity contribution in [2.24, 2.45) is 0 Å². The average Bonchev–Trinajstić information content (AvgIpc) is 2.88. The first kappa shape index (κ1) is 36.6. The molecule has 3 fully saturated rings. The Balaban J connectivity index is 0.000000423. The molecule has 0 bridgehead atoms. The van der Waals surface area contributed by atoms with Crippen LogP contribution in [-0.2, 0) is 20.1 Å². The van der Waals surface area contributed by atoms with E-state index in [4.69, 9.17) is 0 Å². The van der Waals surface area contributed by atoms with Crippen molar-refractivity contribution in [1.29, 1.82) is 0 Å². The fourth-order valence-corrected chi connectivity index (χ4v) is 5.99. The Kier molecular flexibility index (Phi) is 29.0. The average molecular weight is 728 g/mol. The number of aromatic nitrogens is 1. The molecule has 1 nitrogen and oxygen atoms in total. The van der Waals surface area contributed by atoms with E-state index < -0.39 is 0 Å². The minimum Gasteiger partial charge on any atom is -0.265 e. The SMILES string of the molecule is C1=CCC/C=C\CC1.PC1CCCCC1.PC1CCCCC1.PC1CCCCC1.[Ir].c1ccncc1. The van der Waals surface area contributed by atoms with Crippen LogP contribution < -0.4 is 0 Å². The number of rotatable bonds is 0. The fourth-order valence-electron chi connectivity index (χ4n) is 4.57. The van der Waals surface area contributed by atoms with Crippen molar-refractivity contribution >= 4 is 27.7 Å². The van der Waals surface area contributed by atoms with Gasteiger partial charge in [-0.25, -0.2) is 0 Å². The van der Waals surface area contributed by atoms with E-state index >= 15 is 0 Å². The molecule has 0 spiro atoms. The zero-order chi connectivity index (χ0) is 25.2. The number of nitrogens with zero attached hydrogens (tertiary/aromatic N) is 1. The van der Waals surface area contributed by atoms with Crippen molar-refractivity contribution in [2.75, 3.05) is 0 Å². The Morgan fingerprint density at radius 3 is 0.833 bits per heavy atom. The second-order valence-corrected chi connectivity index (χ2v) is 13.1. The monoisotopic (exact) mass is 728 g/mol. The van der Waals surface area contributed by atoms with E-state index in [-0.39, 0.29) is 20.1 Å². The second kappa shape index (κ2) is 28.6. The molecule has 1 heterocycles. The maximum Gasteiger partial charge on any atom is 0.0267 e. The molecule has 5 rings (SSSR count). The van der Waals surface area contributed by atoms with Crippen LogP contribution in [0.2, 0.25) is 0 Å². The third-order valence-electron chi connectivity index (χ3n) is 6.85. The Morgan fingerprint density at radius 1 is 0.417 bits per heavy atom. The summed E-state index contributed by atoms with van der Waals surface area (Å²) < 4.78 is 0. The molecule has 1 radical (unpaired) electrons. The molecule has 5 heteroatoms. The van der Waals surface area contributed by atoms with Gasteiger partial charge in [-0.05, 0) is 93.3 Å². The molecule has 1 aromatic heterocycles. The van der Waals surface area contributed by atoms with Gasteiger partial charge in [-0.2, -0.15) is 0 Å². The Hall–Kier alpha value is 0.569. The summed E-state index contributed by atoms with van der Waals surface area (Å²) in [6, 6.07) is 5.72. The number of pyridine rings is 1. The molecule has 3 atom stereocenters. The predicted octanol–water partition coefficient (Wildman–Crippen LogP) is 10.3. The minimum absolute atomic E-state index is 0. The van der Waals surface area contributed by atoms with E-state index in [1.54, 1.807) is 12.4 Å². The van der Waals surface area contributed by atoms with Crippen molar-refractivity contribution in [3.8, 4) is 0 Å². The third kappa shape index (κ3) is 26.2. The van der Waals surface area contributed by atoms with Crippen LogP contribution in [0, 0.1) is 0 Å². The second-order valence-electron chi connectivity index (χ2n) is 10.3. The normalized spacial score (nSPS) is 21.4. The molecule has 4 aliphatic rings. The first-order valence-corrected chi connectivity index (χ1v) is 16.6. The quantitative estimate of drug-likeness (QED) is 0.192. The van der Waals surface area contributed by atoms with Crippen LogP contribution in [0.25, 0.3) is 0 Å². The first-order valence-electron chi connectivity index (χ1n) is 14.6. The van der Waals surface area contributed by atoms with Crippen molar-refractivity contribution in [3.05, 3.63) is 54.9 Å². The van der Waals surface area contributed by atoms with Crippen molar-refractivity contribution in [1.82, 2.24) is 4.98 Å². The molecule has 3 saturated carbocycles. The summed E-state index contributed by atoms with van der Waals surface area (Å²) in [7, 11) is 8.72. The molecule has 0 aromatic carbocycles. The molecule has 3 unspecified atom stereocenters. The van der Waals surface area contributed by atoms with Crippen molar-refractivity contribution < 1.29 is 20.1 Å². The zero-order valence-electron chi connectivity index (χ0n) is 22.9. The summed E-state index contributed by atoms with van der Waals surface area (Å²) in [5.41, 5.74) is 2.86. The van der Waals surface area contributed by atoms with Gasteiger partial charge in [0, 0.05) is 32.5 Å². The van der Waals surface area contributed by atoms with Crippen LogP contribution >= 0.6 is 27.7 Å². The van der Waals surface area contributed by atoms with Gasteiger partial charge in [0.05, 0.1) is 0 Å². The topological polar surface area (TPSA) is 12.9 Å². The van der Waals surface area contributed by atoms with Crippen LogP contribution in [0.3, 0.4) is 0 Å². The summed E-state index contributed by atoms with van der Waals surface area (Å²) in [5, 5.41) is 0. The summed E-state index contributed by atoms with van der Waals surface area (Å²) in [4.78, 5) is 3.78. The Bertz CT molecular complexity index is 502. The van der Waals surface area contributed by atoms with Crippen LogP contribution in [0.4, 0.5) is 0 Å². The number of allylic oxidation sites excluding steroid dienone is 4. The smallest absolute Gasteiger partial charge is 0.0267 e. The van der Waals surface area contributed by atoms with Crippen LogP contribution in [-0.4, -0.2) is 22.0 Å². The van der Waals surface area contributed by atoms with Crippen LogP contribution in [0.5, 0.6) is 0 Å². The maximum atomic E-state index is 3.78.